The molecule has 10 heteroatoms. The number of piperidine rings is 1. The predicted octanol–water partition coefficient (Wildman–Crippen LogP) is 3.74. The largest absolute Gasteiger partial charge is 0.489 e. The summed E-state index contributed by atoms with van der Waals surface area (Å²) in [5, 5.41) is 0.320. The number of amides is 2. The number of rotatable bonds is 7. The highest BCUT2D eigenvalue weighted by Gasteiger charge is 2.41. The summed E-state index contributed by atoms with van der Waals surface area (Å²) < 4.78 is 26.4. The van der Waals surface area contributed by atoms with E-state index in [9.17, 15) is 14.0 Å². The van der Waals surface area contributed by atoms with Crippen molar-refractivity contribution in [2.24, 2.45) is 0 Å². The number of carbonyl (C=O) groups excluding carboxylic acids is 2. The summed E-state index contributed by atoms with van der Waals surface area (Å²) >= 11 is 6.48. The monoisotopic (exact) mass is 536 g/mol. The van der Waals surface area contributed by atoms with Gasteiger partial charge in [-0.15, -0.1) is 0 Å². The molecule has 1 atom stereocenters. The van der Waals surface area contributed by atoms with E-state index in [-0.39, 0.29) is 47.7 Å². The molecule has 3 heterocycles. The smallest absolute Gasteiger partial charge is 0.263 e. The highest BCUT2D eigenvalue weighted by molar-refractivity contribution is 6.30. The number of piperazine rings is 1. The van der Waals surface area contributed by atoms with Crippen LogP contribution in [-0.4, -0.2) is 97.0 Å². The van der Waals surface area contributed by atoms with Crippen LogP contribution in [-0.2, 0) is 19.1 Å². The third-order valence-corrected chi connectivity index (χ3v) is 6.98. The van der Waals surface area contributed by atoms with Gasteiger partial charge in [0.25, 0.3) is 5.91 Å². The van der Waals surface area contributed by atoms with Crippen LogP contribution in [0.1, 0.15) is 33.1 Å². The van der Waals surface area contributed by atoms with Crippen molar-refractivity contribution in [2.45, 2.75) is 45.3 Å². The van der Waals surface area contributed by atoms with Crippen LogP contribution < -0.4 is 0 Å². The van der Waals surface area contributed by atoms with Crippen molar-refractivity contribution in [1.29, 1.82) is 0 Å². The van der Waals surface area contributed by atoms with Crippen molar-refractivity contribution in [1.82, 2.24) is 19.6 Å². The second-order valence-electron chi connectivity index (χ2n) is 9.53. The fraction of sp³-hybridized carbons (Fsp3) is 0.556. The molecule has 3 fully saturated rings. The van der Waals surface area contributed by atoms with Crippen LogP contribution in [0.4, 0.5) is 4.39 Å². The molecule has 0 N–H and O–H groups in total. The Morgan fingerprint density at radius 2 is 2.00 bits per heavy atom. The molecule has 0 saturated carbocycles. The fourth-order valence-electron chi connectivity index (χ4n) is 4.59. The van der Waals surface area contributed by atoms with Gasteiger partial charge in [-0.05, 0) is 51.5 Å². The Labute approximate surface area is 224 Å². The second kappa shape index (κ2) is 13.1. The van der Waals surface area contributed by atoms with Crippen molar-refractivity contribution in [3.8, 4) is 0 Å². The lowest BCUT2D eigenvalue weighted by Crippen LogP contribution is -2.57. The highest BCUT2D eigenvalue weighted by Crippen LogP contribution is 2.33. The minimum atomic E-state index is -0.347. The van der Waals surface area contributed by atoms with E-state index in [1.807, 2.05) is 0 Å². The van der Waals surface area contributed by atoms with Crippen LogP contribution in [0.25, 0.3) is 0 Å². The molecular formula is C27H38ClFN4O4. The standard InChI is InChI=1S/C27H38ClFN4O4/c1-6-20(29)9-8-12-31(5)27(37-22-10-13-30(4)14-11-22)24-25(19(3)28)36-18-21-17-32(23(34)7-2)15-16-33(21)26(24)35/h7-9,12,21-22H,2,6,10-11,13-18H2,1,3-5H3/b12-8-,20-9+,25-19-,27-24-/t21-/m1/s1. The molecule has 3 saturated heterocycles. The number of hydrogen-bond donors (Lipinski definition) is 0. The Bertz CT molecular complexity index is 996. The van der Waals surface area contributed by atoms with Gasteiger partial charge in [-0.3, -0.25) is 9.59 Å². The van der Waals surface area contributed by atoms with Gasteiger partial charge in [0.1, 0.15) is 18.3 Å². The van der Waals surface area contributed by atoms with Crippen molar-refractivity contribution < 1.29 is 23.5 Å². The number of fused-ring (bicyclic) bond motifs is 1. The molecule has 0 radical (unpaired) electrons. The van der Waals surface area contributed by atoms with Gasteiger partial charge in [-0.2, -0.15) is 0 Å². The Balaban J connectivity index is 2.04. The van der Waals surface area contributed by atoms with E-state index in [1.54, 1.807) is 47.9 Å². The number of hydrogen-bond acceptors (Lipinski definition) is 6. The van der Waals surface area contributed by atoms with Crippen molar-refractivity contribution in [2.75, 3.05) is 53.4 Å². The third-order valence-electron chi connectivity index (χ3n) is 6.81. The lowest BCUT2D eigenvalue weighted by molar-refractivity contribution is -0.138. The normalized spacial score (nSPS) is 24.9. The van der Waals surface area contributed by atoms with E-state index >= 15 is 0 Å². The molecule has 3 aliphatic heterocycles. The van der Waals surface area contributed by atoms with Crippen LogP contribution >= 0.6 is 11.6 Å². The van der Waals surface area contributed by atoms with E-state index in [0.29, 0.717) is 37.0 Å². The Morgan fingerprint density at radius 3 is 2.62 bits per heavy atom. The highest BCUT2D eigenvalue weighted by atomic mass is 35.5. The first-order chi connectivity index (χ1) is 17.7. The van der Waals surface area contributed by atoms with E-state index in [2.05, 4.69) is 18.5 Å². The first kappa shape index (κ1) is 28.8. The molecule has 0 aliphatic carbocycles. The minimum Gasteiger partial charge on any atom is -0.489 e. The van der Waals surface area contributed by atoms with Gasteiger partial charge in [0.15, 0.2) is 5.76 Å². The number of ether oxygens (including phenoxy) is 2. The molecular weight excluding hydrogens is 499 g/mol. The van der Waals surface area contributed by atoms with Crippen LogP contribution in [0.3, 0.4) is 0 Å². The van der Waals surface area contributed by atoms with Gasteiger partial charge in [0.05, 0.1) is 16.9 Å². The van der Waals surface area contributed by atoms with Gasteiger partial charge in [0, 0.05) is 46.0 Å². The average molecular weight is 537 g/mol. The van der Waals surface area contributed by atoms with E-state index < -0.39 is 0 Å². The van der Waals surface area contributed by atoms with Gasteiger partial charge in [0.2, 0.25) is 11.8 Å². The first-order valence-corrected chi connectivity index (χ1v) is 13.1. The summed E-state index contributed by atoms with van der Waals surface area (Å²) in [6, 6.07) is -0.347. The number of allylic oxidation sites excluding steroid dienone is 4. The maximum Gasteiger partial charge on any atom is 0.263 e. The van der Waals surface area contributed by atoms with Crippen LogP contribution in [0.5, 0.6) is 0 Å². The zero-order valence-electron chi connectivity index (χ0n) is 22.2. The topological polar surface area (TPSA) is 65.6 Å². The number of halogens is 2. The quantitative estimate of drug-likeness (QED) is 0.280. The van der Waals surface area contributed by atoms with Gasteiger partial charge in [-0.1, -0.05) is 25.1 Å². The maximum atomic E-state index is 14.1. The number of likely N-dealkylation sites (tertiary alicyclic amines) is 1. The summed E-state index contributed by atoms with van der Waals surface area (Å²) in [5.74, 6) is -0.153. The Hall–Kier alpha value is -2.78. The molecule has 204 valence electrons. The fourth-order valence-corrected chi connectivity index (χ4v) is 4.74. The summed E-state index contributed by atoms with van der Waals surface area (Å²) in [5.41, 5.74) is 0.226. The lowest BCUT2D eigenvalue weighted by Gasteiger charge is -2.39. The molecule has 37 heavy (non-hydrogen) atoms. The van der Waals surface area contributed by atoms with Crippen LogP contribution in [0.15, 0.2) is 59.1 Å². The predicted molar refractivity (Wildman–Crippen MR) is 142 cm³/mol. The van der Waals surface area contributed by atoms with E-state index in [1.165, 1.54) is 12.2 Å². The van der Waals surface area contributed by atoms with Crippen molar-refractivity contribution in [3.63, 3.8) is 0 Å². The van der Waals surface area contributed by atoms with Crippen molar-refractivity contribution in [3.05, 3.63) is 59.1 Å². The zero-order chi connectivity index (χ0) is 27.1. The van der Waals surface area contributed by atoms with Gasteiger partial charge < -0.3 is 29.1 Å². The molecule has 0 aromatic heterocycles. The maximum absolute atomic E-state index is 14.1. The number of carbonyl (C=O) groups is 2. The molecule has 3 rings (SSSR count). The molecule has 2 amide bonds. The average Bonchev–Trinajstić information content (AvgIpc) is 3.03. The summed E-state index contributed by atoms with van der Waals surface area (Å²) in [4.78, 5) is 33.6. The summed E-state index contributed by atoms with van der Waals surface area (Å²) in [6.45, 7) is 9.98. The SMILES string of the molecule is C=CC(=O)N1CCN2C(=O)C(=C(\OC3CCN(C)CC3)N(C)/C=C\C=C(\F)CC)/C(=C(\C)Cl)OC[C@H]2C1. The van der Waals surface area contributed by atoms with E-state index in [4.69, 9.17) is 21.1 Å². The number of nitrogens with zero attached hydrogens (tertiary/aromatic N) is 4. The summed E-state index contributed by atoms with van der Waals surface area (Å²) in [7, 11) is 3.82. The molecule has 0 spiro atoms. The first-order valence-electron chi connectivity index (χ1n) is 12.7. The third kappa shape index (κ3) is 7.17. The molecule has 0 unspecified atom stereocenters. The summed E-state index contributed by atoms with van der Waals surface area (Å²) in [6.07, 6.45) is 7.68. The van der Waals surface area contributed by atoms with Crippen LogP contribution in [0.2, 0.25) is 0 Å². The lowest BCUT2D eigenvalue weighted by atomic mass is 10.1. The molecule has 8 nitrogen and oxygen atoms in total. The Kier molecular flexibility index (Phi) is 10.2. The van der Waals surface area contributed by atoms with Gasteiger partial charge >= 0.3 is 0 Å². The molecule has 3 aliphatic rings. The Morgan fingerprint density at radius 1 is 1.30 bits per heavy atom. The molecule has 0 aromatic rings. The second-order valence-corrected chi connectivity index (χ2v) is 10.1. The van der Waals surface area contributed by atoms with E-state index in [0.717, 1.165) is 25.9 Å². The van der Waals surface area contributed by atoms with Crippen LogP contribution in [0, 0.1) is 0 Å². The zero-order valence-corrected chi connectivity index (χ0v) is 23.0. The van der Waals surface area contributed by atoms with Gasteiger partial charge in [-0.25, -0.2) is 4.39 Å². The minimum absolute atomic E-state index is 0.108. The molecule has 0 bridgehead atoms. The van der Waals surface area contributed by atoms with Crippen molar-refractivity contribution >= 4 is 23.4 Å². The molecule has 0 aromatic carbocycles.